The Morgan fingerprint density at radius 1 is 1.21 bits per heavy atom. The Balaban J connectivity index is 1.40. The van der Waals surface area contributed by atoms with E-state index in [2.05, 4.69) is 34.8 Å². The van der Waals surface area contributed by atoms with Crippen LogP contribution in [0.2, 0.25) is 0 Å². The number of rotatable bonds is 3. The SMILES string of the molecule is Cc1ccc(C(=O)N2CCC3(CC2)COCCN(Cc2cccn2C)C3)cc1F. The zero-order valence-corrected chi connectivity index (χ0v) is 17.4. The lowest BCUT2D eigenvalue weighted by molar-refractivity contribution is 0.0144. The van der Waals surface area contributed by atoms with E-state index in [1.165, 1.54) is 11.8 Å². The van der Waals surface area contributed by atoms with Crippen LogP contribution in [0.25, 0.3) is 0 Å². The predicted molar refractivity (Wildman–Crippen MR) is 110 cm³/mol. The Labute approximate surface area is 172 Å². The molecule has 2 aromatic rings. The summed E-state index contributed by atoms with van der Waals surface area (Å²) in [5, 5.41) is 0. The third kappa shape index (κ3) is 4.38. The fraction of sp³-hybridized carbons (Fsp3) is 0.522. The third-order valence-corrected chi connectivity index (χ3v) is 6.49. The van der Waals surface area contributed by atoms with Gasteiger partial charge in [-0.1, -0.05) is 6.07 Å². The van der Waals surface area contributed by atoms with Gasteiger partial charge in [0.1, 0.15) is 5.82 Å². The molecule has 2 saturated heterocycles. The van der Waals surface area contributed by atoms with E-state index in [0.29, 0.717) is 24.2 Å². The topological polar surface area (TPSA) is 37.7 Å². The van der Waals surface area contributed by atoms with Crippen molar-refractivity contribution in [3.63, 3.8) is 0 Å². The maximum atomic E-state index is 13.9. The highest BCUT2D eigenvalue weighted by Crippen LogP contribution is 2.35. The van der Waals surface area contributed by atoms with Gasteiger partial charge in [-0.25, -0.2) is 4.39 Å². The molecule has 1 aromatic carbocycles. The largest absolute Gasteiger partial charge is 0.379 e. The molecule has 0 N–H and O–H groups in total. The third-order valence-electron chi connectivity index (χ3n) is 6.49. The number of likely N-dealkylation sites (tertiary alicyclic amines) is 1. The van der Waals surface area contributed by atoms with Gasteiger partial charge >= 0.3 is 0 Å². The lowest BCUT2D eigenvalue weighted by Gasteiger charge is -2.42. The number of piperidine rings is 1. The maximum Gasteiger partial charge on any atom is 0.253 e. The van der Waals surface area contributed by atoms with E-state index in [-0.39, 0.29) is 17.1 Å². The second-order valence-corrected chi connectivity index (χ2v) is 8.63. The summed E-state index contributed by atoms with van der Waals surface area (Å²) in [7, 11) is 2.08. The van der Waals surface area contributed by atoms with Crippen molar-refractivity contribution in [3.8, 4) is 0 Å². The van der Waals surface area contributed by atoms with E-state index in [4.69, 9.17) is 4.74 Å². The van der Waals surface area contributed by atoms with Crippen molar-refractivity contribution in [1.82, 2.24) is 14.4 Å². The van der Waals surface area contributed by atoms with Crippen molar-refractivity contribution >= 4 is 5.91 Å². The van der Waals surface area contributed by atoms with Crippen molar-refractivity contribution in [2.24, 2.45) is 12.5 Å². The summed E-state index contributed by atoms with van der Waals surface area (Å²) in [4.78, 5) is 17.2. The Morgan fingerprint density at radius 2 is 2.00 bits per heavy atom. The van der Waals surface area contributed by atoms with E-state index in [1.807, 2.05) is 4.90 Å². The summed E-state index contributed by atoms with van der Waals surface area (Å²) in [6, 6.07) is 9.01. The average Bonchev–Trinajstić information content (AvgIpc) is 3.01. The monoisotopic (exact) mass is 399 g/mol. The summed E-state index contributed by atoms with van der Waals surface area (Å²) >= 11 is 0. The van der Waals surface area contributed by atoms with Gasteiger partial charge in [0.25, 0.3) is 5.91 Å². The van der Waals surface area contributed by atoms with Gasteiger partial charge in [0, 0.05) is 62.6 Å². The number of aryl methyl sites for hydroxylation is 2. The van der Waals surface area contributed by atoms with Gasteiger partial charge in [0.05, 0.1) is 13.2 Å². The molecule has 1 amide bonds. The Morgan fingerprint density at radius 3 is 2.69 bits per heavy atom. The number of carbonyl (C=O) groups is 1. The molecule has 156 valence electrons. The summed E-state index contributed by atoms with van der Waals surface area (Å²) in [6.07, 6.45) is 3.91. The van der Waals surface area contributed by atoms with Crippen LogP contribution in [0.15, 0.2) is 36.5 Å². The van der Waals surface area contributed by atoms with E-state index < -0.39 is 0 Å². The summed E-state index contributed by atoms with van der Waals surface area (Å²) in [5.41, 5.74) is 2.38. The van der Waals surface area contributed by atoms with Gasteiger partial charge in [-0.3, -0.25) is 9.69 Å². The first kappa shape index (κ1) is 20.1. The zero-order valence-electron chi connectivity index (χ0n) is 17.4. The molecule has 2 fully saturated rings. The standard InChI is InChI=1S/C23H30FN3O2/c1-18-5-6-19(14-21(18)24)22(28)27-10-7-23(8-11-27)16-26(12-13-29-17-23)15-20-4-3-9-25(20)2/h3-6,9,14H,7-8,10-13,15-17H2,1-2H3. The summed E-state index contributed by atoms with van der Waals surface area (Å²) in [5.74, 6) is -0.397. The van der Waals surface area contributed by atoms with Crippen molar-refractivity contribution in [1.29, 1.82) is 0 Å². The highest BCUT2D eigenvalue weighted by Gasteiger charge is 2.39. The minimum absolute atomic E-state index is 0.0750. The van der Waals surface area contributed by atoms with Gasteiger partial charge in [-0.05, 0) is 49.6 Å². The molecule has 2 aliphatic rings. The molecule has 0 saturated carbocycles. The predicted octanol–water partition coefficient (Wildman–Crippen LogP) is 3.23. The van der Waals surface area contributed by atoms with Crippen LogP contribution in [0.3, 0.4) is 0 Å². The number of halogens is 1. The minimum Gasteiger partial charge on any atom is -0.379 e. The molecule has 3 heterocycles. The van der Waals surface area contributed by atoms with Crippen molar-refractivity contribution < 1.29 is 13.9 Å². The Hall–Kier alpha value is -2.18. The fourth-order valence-electron chi connectivity index (χ4n) is 4.50. The highest BCUT2D eigenvalue weighted by molar-refractivity contribution is 5.94. The molecule has 0 bridgehead atoms. The number of benzene rings is 1. The highest BCUT2D eigenvalue weighted by atomic mass is 19.1. The lowest BCUT2D eigenvalue weighted by Crippen LogP contribution is -2.48. The van der Waals surface area contributed by atoms with Crippen LogP contribution in [0, 0.1) is 18.2 Å². The van der Waals surface area contributed by atoms with Gasteiger partial charge in [-0.15, -0.1) is 0 Å². The summed E-state index contributed by atoms with van der Waals surface area (Å²) in [6.45, 7) is 7.42. The van der Waals surface area contributed by atoms with E-state index >= 15 is 0 Å². The molecule has 29 heavy (non-hydrogen) atoms. The van der Waals surface area contributed by atoms with Crippen molar-refractivity contribution in [3.05, 3.63) is 59.2 Å². The number of carbonyl (C=O) groups excluding carboxylic acids is 1. The molecule has 0 radical (unpaired) electrons. The second kappa shape index (κ2) is 8.28. The normalized spacial score (nSPS) is 20.0. The number of hydrogen-bond donors (Lipinski definition) is 0. The molecule has 6 heteroatoms. The molecule has 1 spiro atoms. The molecule has 1 aromatic heterocycles. The minimum atomic E-state index is -0.321. The summed E-state index contributed by atoms with van der Waals surface area (Å²) < 4.78 is 22.0. The van der Waals surface area contributed by atoms with Gasteiger partial charge < -0.3 is 14.2 Å². The fourth-order valence-corrected chi connectivity index (χ4v) is 4.50. The van der Waals surface area contributed by atoms with Crippen molar-refractivity contribution in [2.45, 2.75) is 26.3 Å². The molecular formula is C23H30FN3O2. The Kier molecular flexibility index (Phi) is 5.74. The number of amides is 1. The van der Waals surface area contributed by atoms with Crippen LogP contribution in [0.1, 0.15) is 34.5 Å². The van der Waals surface area contributed by atoms with Gasteiger partial charge in [0.2, 0.25) is 0 Å². The van der Waals surface area contributed by atoms with Crippen LogP contribution < -0.4 is 0 Å². The molecule has 0 atom stereocenters. The smallest absolute Gasteiger partial charge is 0.253 e. The number of aromatic nitrogens is 1. The lowest BCUT2D eigenvalue weighted by atomic mass is 9.78. The quantitative estimate of drug-likeness (QED) is 0.795. The van der Waals surface area contributed by atoms with Crippen LogP contribution in [0.4, 0.5) is 4.39 Å². The first-order valence-electron chi connectivity index (χ1n) is 10.4. The first-order valence-corrected chi connectivity index (χ1v) is 10.4. The molecule has 0 unspecified atom stereocenters. The van der Waals surface area contributed by atoms with Crippen LogP contribution >= 0.6 is 0 Å². The zero-order chi connectivity index (χ0) is 20.4. The molecule has 5 nitrogen and oxygen atoms in total. The maximum absolute atomic E-state index is 13.9. The van der Waals surface area contributed by atoms with E-state index in [9.17, 15) is 9.18 Å². The number of nitrogens with zero attached hydrogens (tertiary/aromatic N) is 3. The number of hydrogen-bond acceptors (Lipinski definition) is 3. The van der Waals surface area contributed by atoms with Gasteiger partial charge in [0.15, 0.2) is 0 Å². The van der Waals surface area contributed by atoms with Crippen molar-refractivity contribution in [2.75, 3.05) is 39.4 Å². The average molecular weight is 400 g/mol. The van der Waals surface area contributed by atoms with E-state index in [0.717, 1.165) is 45.7 Å². The second-order valence-electron chi connectivity index (χ2n) is 8.63. The van der Waals surface area contributed by atoms with E-state index in [1.54, 1.807) is 19.1 Å². The molecule has 2 aliphatic heterocycles. The van der Waals surface area contributed by atoms with Crippen LogP contribution in [0.5, 0.6) is 0 Å². The molecule has 4 rings (SSSR count). The first-order chi connectivity index (χ1) is 14.0. The number of ether oxygens (including phenoxy) is 1. The molecular weight excluding hydrogens is 369 g/mol. The van der Waals surface area contributed by atoms with Crippen LogP contribution in [-0.4, -0.2) is 59.7 Å². The van der Waals surface area contributed by atoms with Crippen LogP contribution in [-0.2, 0) is 18.3 Å². The Bertz CT molecular complexity index is 871. The van der Waals surface area contributed by atoms with Gasteiger partial charge in [-0.2, -0.15) is 0 Å². The molecule has 0 aliphatic carbocycles.